The van der Waals surface area contributed by atoms with Gasteiger partial charge < -0.3 is 14.2 Å². The highest BCUT2D eigenvalue weighted by atomic mass is 16.7. The molecule has 0 N–H and O–H groups in total. The van der Waals surface area contributed by atoms with Crippen LogP contribution in [0, 0.1) is 5.92 Å². The van der Waals surface area contributed by atoms with Crippen molar-refractivity contribution in [3.05, 3.63) is 61.2 Å². The summed E-state index contributed by atoms with van der Waals surface area (Å²) in [5.41, 5.74) is 1.20. The predicted molar refractivity (Wildman–Crippen MR) is 106 cm³/mol. The fraction of sp³-hybridized carbons (Fsp3) is 0.565. The van der Waals surface area contributed by atoms with Crippen LogP contribution in [-0.2, 0) is 20.8 Å². The lowest BCUT2D eigenvalue weighted by molar-refractivity contribution is -0.342. The van der Waals surface area contributed by atoms with Gasteiger partial charge in [0.05, 0.1) is 32.5 Å². The zero-order chi connectivity index (χ0) is 18.7. The van der Waals surface area contributed by atoms with E-state index in [0.717, 1.165) is 52.0 Å². The van der Waals surface area contributed by atoms with Gasteiger partial charge in [0.2, 0.25) is 0 Å². The number of benzene rings is 1. The largest absolute Gasteiger partial charge is 0.373 e. The van der Waals surface area contributed by atoms with Crippen LogP contribution in [0.2, 0.25) is 0 Å². The van der Waals surface area contributed by atoms with Gasteiger partial charge in [-0.1, -0.05) is 42.5 Å². The van der Waals surface area contributed by atoms with Crippen molar-refractivity contribution in [3.8, 4) is 0 Å². The van der Waals surface area contributed by atoms with Crippen LogP contribution < -0.4 is 0 Å². The zero-order valence-electron chi connectivity index (χ0n) is 16.1. The van der Waals surface area contributed by atoms with Crippen LogP contribution >= 0.6 is 0 Å². The second-order valence-electron chi connectivity index (χ2n) is 8.02. The molecule has 2 heterocycles. The standard InChI is InChI=1S/C23H31NO3/c1-3-13-24-18-23(26-14-8-15-27-23)20-16-22(24,4-2)12-11-21(20)25-17-19-9-6-5-7-10-19/h3-7,9-10,20-21H,1-2,8,11-18H2/t20-,21?,22-/m1/s1. The van der Waals surface area contributed by atoms with Crippen LogP contribution in [0.1, 0.15) is 31.2 Å². The molecule has 1 unspecified atom stereocenters. The second-order valence-corrected chi connectivity index (χ2v) is 8.02. The highest BCUT2D eigenvalue weighted by Gasteiger charge is 2.59. The lowest BCUT2D eigenvalue weighted by Crippen LogP contribution is -2.70. The smallest absolute Gasteiger partial charge is 0.186 e. The van der Waals surface area contributed by atoms with E-state index in [2.05, 4.69) is 48.4 Å². The van der Waals surface area contributed by atoms with Gasteiger partial charge in [-0.05, 0) is 31.2 Å². The summed E-state index contributed by atoms with van der Waals surface area (Å²) in [6, 6.07) is 10.4. The van der Waals surface area contributed by atoms with Gasteiger partial charge in [-0.15, -0.1) is 13.2 Å². The molecule has 2 saturated heterocycles. The molecule has 146 valence electrons. The molecule has 1 aromatic carbocycles. The van der Waals surface area contributed by atoms with E-state index in [0.29, 0.717) is 6.61 Å². The van der Waals surface area contributed by atoms with Crippen LogP contribution in [0.4, 0.5) is 0 Å². The maximum Gasteiger partial charge on any atom is 0.186 e. The van der Waals surface area contributed by atoms with Crippen molar-refractivity contribution in [2.75, 3.05) is 26.3 Å². The lowest BCUT2D eigenvalue weighted by Gasteiger charge is -2.61. The average Bonchev–Trinajstić information content (AvgIpc) is 2.73. The van der Waals surface area contributed by atoms with Crippen molar-refractivity contribution in [2.24, 2.45) is 5.92 Å². The first-order valence-corrected chi connectivity index (χ1v) is 10.1. The summed E-state index contributed by atoms with van der Waals surface area (Å²) >= 11 is 0. The number of hydrogen-bond donors (Lipinski definition) is 0. The summed E-state index contributed by atoms with van der Waals surface area (Å²) in [5, 5.41) is 0. The maximum atomic E-state index is 6.43. The number of piperidine rings is 1. The molecule has 1 aromatic rings. The average molecular weight is 370 g/mol. The fourth-order valence-electron chi connectivity index (χ4n) is 5.06. The summed E-state index contributed by atoms with van der Waals surface area (Å²) in [5.74, 6) is -0.357. The maximum absolute atomic E-state index is 6.43. The first-order chi connectivity index (χ1) is 13.2. The van der Waals surface area contributed by atoms with Crippen molar-refractivity contribution in [2.45, 2.75) is 49.7 Å². The van der Waals surface area contributed by atoms with Crippen molar-refractivity contribution < 1.29 is 14.2 Å². The van der Waals surface area contributed by atoms with Crippen LogP contribution in [0.15, 0.2) is 55.6 Å². The van der Waals surface area contributed by atoms with Crippen LogP contribution in [0.25, 0.3) is 0 Å². The Hall–Kier alpha value is -1.46. The summed E-state index contributed by atoms with van der Waals surface area (Å²) in [7, 11) is 0. The molecule has 4 heteroatoms. The molecule has 1 saturated carbocycles. The molecule has 0 radical (unpaired) electrons. The van der Waals surface area contributed by atoms with Crippen LogP contribution in [0.3, 0.4) is 0 Å². The highest BCUT2D eigenvalue weighted by molar-refractivity contribution is 5.17. The third-order valence-electron chi connectivity index (χ3n) is 6.51. The van der Waals surface area contributed by atoms with E-state index in [1.165, 1.54) is 5.56 Å². The number of hydrogen-bond acceptors (Lipinski definition) is 4. The highest BCUT2D eigenvalue weighted by Crippen LogP contribution is 2.51. The van der Waals surface area contributed by atoms with Crippen molar-refractivity contribution in [1.82, 2.24) is 4.90 Å². The molecule has 4 rings (SSSR count). The summed E-state index contributed by atoms with van der Waals surface area (Å²) in [4.78, 5) is 2.45. The Balaban J connectivity index is 1.57. The molecular weight excluding hydrogens is 338 g/mol. The van der Waals surface area contributed by atoms with Gasteiger partial charge in [0, 0.05) is 18.0 Å². The normalized spacial score (nSPS) is 32.9. The number of rotatable bonds is 6. The second kappa shape index (κ2) is 7.88. The molecule has 4 nitrogen and oxygen atoms in total. The quantitative estimate of drug-likeness (QED) is 0.711. The molecule has 3 aliphatic rings. The molecule has 3 fully saturated rings. The molecule has 0 aromatic heterocycles. The number of fused-ring (bicyclic) bond motifs is 3. The van der Waals surface area contributed by atoms with Crippen molar-refractivity contribution >= 4 is 0 Å². The Kier molecular flexibility index (Phi) is 5.51. The van der Waals surface area contributed by atoms with E-state index in [-0.39, 0.29) is 17.6 Å². The minimum atomic E-state index is -0.574. The monoisotopic (exact) mass is 369 g/mol. The molecule has 2 bridgehead atoms. The number of nitrogens with zero attached hydrogens (tertiary/aromatic N) is 1. The van der Waals surface area contributed by atoms with E-state index in [1.54, 1.807) is 0 Å². The van der Waals surface area contributed by atoms with E-state index >= 15 is 0 Å². The van der Waals surface area contributed by atoms with E-state index < -0.39 is 5.79 Å². The van der Waals surface area contributed by atoms with Crippen LogP contribution in [0.5, 0.6) is 0 Å². The van der Waals surface area contributed by atoms with Crippen LogP contribution in [-0.4, -0.2) is 48.6 Å². The number of ether oxygens (including phenoxy) is 3. The van der Waals surface area contributed by atoms with Gasteiger partial charge in [0.1, 0.15) is 0 Å². The Labute approximate surface area is 162 Å². The Morgan fingerprint density at radius 1 is 1.19 bits per heavy atom. The van der Waals surface area contributed by atoms with E-state index in [9.17, 15) is 0 Å². The zero-order valence-corrected chi connectivity index (χ0v) is 16.1. The van der Waals surface area contributed by atoms with E-state index in [4.69, 9.17) is 14.2 Å². The third-order valence-corrected chi connectivity index (χ3v) is 6.51. The molecule has 1 spiro atoms. The number of likely N-dealkylation sites (tertiary alicyclic amines) is 1. The predicted octanol–water partition coefficient (Wildman–Crippen LogP) is 3.93. The van der Waals surface area contributed by atoms with Gasteiger partial charge in [-0.25, -0.2) is 0 Å². The third kappa shape index (κ3) is 3.52. The summed E-state index contributed by atoms with van der Waals surface area (Å²) in [6.45, 7) is 11.9. The minimum Gasteiger partial charge on any atom is -0.373 e. The molecule has 2 aliphatic heterocycles. The first-order valence-electron chi connectivity index (χ1n) is 10.1. The summed E-state index contributed by atoms with van der Waals surface area (Å²) < 4.78 is 19.1. The topological polar surface area (TPSA) is 30.9 Å². The lowest BCUT2D eigenvalue weighted by atomic mass is 9.66. The molecule has 1 aliphatic carbocycles. The van der Waals surface area contributed by atoms with Gasteiger partial charge in [0.25, 0.3) is 0 Å². The Morgan fingerprint density at radius 2 is 1.96 bits per heavy atom. The van der Waals surface area contributed by atoms with Crippen molar-refractivity contribution in [1.29, 1.82) is 0 Å². The van der Waals surface area contributed by atoms with Gasteiger partial charge in [0.15, 0.2) is 5.79 Å². The SMILES string of the molecule is C=CCN1CC2(OCCCO2)[C@@H]2C[C@@]1(C=C)CCC2OCc1ccccc1. The summed E-state index contributed by atoms with van der Waals surface area (Å²) in [6.07, 6.45) is 8.21. The molecule has 0 amide bonds. The Bertz CT molecular complexity index is 655. The molecule has 3 atom stereocenters. The first kappa shape index (κ1) is 18.9. The van der Waals surface area contributed by atoms with Gasteiger partial charge >= 0.3 is 0 Å². The minimum absolute atomic E-state index is 0.0130. The van der Waals surface area contributed by atoms with E-state index in [1.807, 2.05) is 12.1 Å². The Morgan fingerprint density at radius 3 is 2.67 bits per heavy atom. The molecular formula is C23H31NO3. The van der Waals surface area contributed by atoms with Gasteiger partial charge in [-0.2, -0.15) is 0 Å². The fourth-order valence-corrected chi connectivity index (χ4v) is 5.06. The van der Waals surface area contributed by atoms with Crippen molar-refractivity contribution in [3.63, 3.8) is 0 Å². The van der Waals surface area contributed by atoms with Gasteiger partial charge in [-0.3, -0.25) is 4.90 Å². The molecule has 27 heavy (non-hydrogen) atoms.